The Morgan fingerprint density at radius 1 is 1.35 bits per heavy atom. The van der Waals surface area contributed by atoms with Crippen molar-refractivity contribution < 1.29 is 23.1 Å². The molecule has 0 aromatic heterocycles. The van der Waals surface area contributed by atoms with Crippen LogP contribution in [0.1, 0.15) is 26.2 Å². The predicted molar refractivity (Wildman–Crippen MR) is 98.5 cm³/mol. The lowest BCUT2D eigenvalue weighted by molar-refractivity contribution is 0.198. The van der Waals surface area contributed by atoms with Crippen molar-refractivity contribution in [3.8, 4) is 5.75 Å². The van der Waals surface area contributed by atoms with E-state index in [1.54, 1.807) is 0 Å². The molecule has 9 heteroatoms. The molecule has 2 unspecified atom stereocenters. The summed E-state index contributed by atoms with van der Waals surface area (Å²) in [6.45, 7) is 2.34. The average molecular weight is 401 g/mol. The zero-order valence-corrected chi connectivity index (χ0v) is 15.9. The summed E-state index contributed by atoms with van der Waals surface area (Å²) in [4.78, 5) is 11.8. The van der Waals surface area contributed by atoms with Crippen molar-refractivity contribution in [3.63, 3.8) is 0 Å². The number of anilines is 1. The van der Waals surface area contributed by atoms with Gasteiger partial charge >= 0.3 is 6.03 Å². The molecule has 2 atom stereocenters. The second-order valence-electron chi connectivity index (χ2n) is 6.48. The number of phenols is 1. The maximum atomic E-state index is 12.8. The van der Waals surface area contributed by atoms with Crippen LogP contribution in [0.2, 0.25) is 5.02 Å². The first kappa shape index (κ1) is 19.0. The van der Waals surface area contributed by atoms with Crippen LogP contribution in [0.15, 0.2) is 28.7 Å². The van der Waals surface area contributed by atoms with Gasteiger partial charge in [0.2, 0.25) is 0 Å². The fourth-order valence-electron chi connectivity index (χ4n) is 3.19. The maximum Gasteiger partial charge on any atom is 0.319 e. The van der Waals surface area contributed by atoms with Crippen molar-refractivity contribution in [2.24, 2.45) is 0 Å². The fraction of sp³-hybridized carbons (Fsp3) is 0.471. The van der Waals surface area contributed by atoms with Crippen molar-refractivity contribution >= 4 is 33.2 Å². The normalized spacial score (nSPS) is 22.9. The number of hydrogen-bond donors (Lipinski definition) is 3. The Kier molecular flexibility index (Phi) is 5.45. The summed E-state index contributed by atoms with van der Waals surface area (Å²) in [6, 6.07) is 2.14. The molecule has 1 heterocycles. The second-order valence-corrected chi connectivity index (χ2v) is 9.05. The molecule has 2 amide bonds. The minimum atomic E-state index is -3.88. The molecule has 2 aliphatic rings. The van der Waals surface area contributed by atoms with E-state index in [4.69, 9.17) is 16.3 Å². The lowest BCUT2D eigenvalue weighted by Crippen LogP contribution is -2.37. The molecule has 1 aliphatic carbocycles. The highest BCUT2D eigenvalue weighted by molar-refractivity contribution is 7.92. The van der Waals surface area contributed by atoms with E-state index in [1.807, 2.05) is 6.92 Å². The lowest BCUT2D eigenvalue weighted by atomic mass is 10.2. The third kappa shape index (κ3) is 3.67. The molecule has 1 aromatic rings. The van der Waals surface area contributed by atoms with Gasteiger partial charge in [-0.3, -0.25) is 0 Å². The number of urea groups is 1. The standard InChI is InChI=1S/C17H21ClN2O5S/c1-10-3-2-4-13(10)19-17(22)20-14-6-5-12(18)16(15(14)21)26(23,24)11-7-8-25-9-11/h3,5-6,11,13,21H,2,4,7-9H2,1H3,(H2,19,20,22). The molecule has 1 fully saturated rings. The number of halogens is 1. The van der Waals surface area contributed by atoms with Crippen LogP contribution < -0.4 is 10.6 Å². The average Bonchev–Trinajstić information content (AvgIpc) is 3.23. The Morgan fingerprint density at radius 2 is 2.12 bits per heavy atom. The quantitative estimate of drug-likeness (QED) is 0.532. The first-order valence-electron chi connectivity index (χ1n) is 8.38. The van der Waals surface area contributed by atoms with Crippen molar-refractivity contribution in [2.45, 2.75) is 42.4 Å². The van der Waals surface area contributed by atoms with Gasteiger partial charge in [-0.2, -0.15) is 0 Å². The van der Waals surface area contributed by atoms with Crippen molar-refractivity contribution in [2.75, 3.05) is 18.5 Å². The van der Waals surface area contributed by atoms with Crippen molar-refractivity contribution in [1.29, 1.82) is 0 Å². The van der Waals surface area contributed by atoms with E-state index >= 15 is 0 Å². The molecular formula is C17H21ClN2O5S. The molecule has 0 spiro atoms. The zero-order valence-electron chi connectivity index (χ0n) is 14.3. The number of amides is 2. The molecular weight excluding hydrogens is 380 g/mol. The molecule has 1 aromatic carbocycles. The fourth-order valence-corrected chi connectivity index (χ4v) is 5.40. The number of ether oxygens (including phenoxy) is 1. The number of nitrogens with one attached hydrogen (secondary N) is 2. The van der Waals surface area contributed by atoms with Crippen LogP contribution in [0.4, 0.5) is 10.5 Å². The smallest absolute Gasteiger partial charge is 0.319 e. The van der Waals surface area contributed by atoms with Crippen LogP contribution in [0.25, 0.3) is 0 Å². The number of carbonyl (C=O) groups excluding carboxylic acids is 1. The van der Waals surface area contributed by atoms with Gasteiger partial charge in [0.1, 0.15) is 4.90 Å². The maximum absolute atomic E-state index is 12.8. The largest absolute Gasteiger partial charge is 0.504 e. The van der Waals surface area contributed by atoms with E-state index in [2.05, 4.69) is 16.7 Å². The number of allylic oxidation sites excluding steroid dienone is 1. The Balaban J connectivity index is 1.83. The van der Waals surface area contributed by atoms with Gasteiger partial charge in [-0.15, -0.1) is 0 Å². The van der Waals surface area contributed by atoms with Gasteiger partial charge in [0.15, 0.2) is 15.6 Å². The van der Waals surface area contributed by atoms with Crippen LogP contribution >= 0.6 is 11.6 Å². The molecule has 142 valence electrons. The SMILES string of the molecule is CC1=CCCC1NC(=O)Nc1ccc(Cl)c(S(=O)(=O)C2CCOC2)c1O. The van der Waals surface area contributed by atoms with Crippen LogP contribution in [-0.4, -0.2) is 44.1 Å². The molecule has 3 N–H and O–H groups in total. The van der Waals surface area contributed by atoms with E-state index in [0.717, 1.165) is 18.4 Å². The Labute approximate surface area is 157 Å². The number of benzene rings is 1. The molecule has 1 aliphatic heterocycles. The summed E-state index contributed by atoms with van der Waals surface area (Å²) in [7, 11) is -3.88. The zero-order chi connectivity index (χ0) is 18.9. The minimum Gasteiger partial charge on any atom is -0.504 e. The van der Waals surface area contributed by atoms with E-state index in [-0.39, 0.29) is 28.3 Å². The van der Waals surface area contributed by atoms with Gasteiger partial charge in [-0.25, -0.2) is 13.2 Å². The van der Waals surface area contributed by atoms with Crippen molar-refractivity contribution in [1.82, 2.24) is 5.32 Å². The summed E-state index contributed by atoms with van der Waals surface area (Å²) >= 11 is 6.04. The topological polar surface area (TPSA) is 105 Å². The van der Waals surface area contributed by atoms with Gasteiger partial charge in [0.25, 0.3) is 0 Å². The Hall–Kier alpha value is -1.77. The van der Waals surface area contributed by atoms with Gasteiger partial charge in [-0.1, -0.05) is 23.3 Å². The van der Waals surface area contributed by atoms with Gasteiger partial charge in [-0.05, 0) is 38.3 Å². The predicted octanol–water partition coefficient (Wildman–Crippen LogP) is 2.84. The molecule has 3 rings (SSSR count). The van der Waals surface area contributed by atoms with Crippen LogP contribution in [0.5, 0.6) is 5.75 Å². The highest BCUT2D eigenvalue weighted by atomic mass is 35.5. The molecule has 7 nitrogen and oxygen atoms in total. The number of sulfone groups is 1. The first-order valence-corrected chi connectivity index (χ1v) is 10.3. The van der Waals surface area contributed by atoms with Crippen LogP contribution in [0.3, 0.4) is 0 Å². The summed E-state index contributed by atoms with van der Waals surface area (Å²) in [5.41, 5.74) is 1.06. The van der Waals surface area contributed by atoms with Crippen molar-refractivity contribution in [3.05, 3.63) is 28.8 Å². The van der Waals surface area contributed by atoms with Gasteiger partial charge in [0, 0.05) is 6.61 Å². The minimum absolute atomic E-state index is 0.0102. The summed E-state index contributed by atoms with van der Waals surface area (Å²) < 4.78 is 30.7. The highest BCUT2D eigenvalue weighted by Gasteiger charge is 2.35. The van der Waals surface area contributed by atoms with Crippen LogP contribution in [0, 0.1) is 0 Å². The van der Waals surface area contributed by atoms with Crippen LogP contribution in [-0.2, 0) is 14.6 Å². The van der Waals surface area contributed by atoms with Gasteiger partial charge in [0.05, 0.1) is 28.6 Å². The lowest BCUT2D eigenvalue weighted by Gasteiger charge is -2.18. The van der Waals surface area contributed by atoms with E-state index in [1.165, 1.54) is 12.1 Å². The third-order valence-electron chi connectivity index (χ3n) is 4.72. The number of hydrogen-bond acceptors (Lipinski definition) is 5. The number of rotatable bonds is 4. The molecule has 0 bridgehead atoms. The number of aromatic hydroxyl groups is 1. The van der Waals surface area contributed by atoms with E-state index in [9.17, 15) is 18.3 Å². The molecule has 0 radical (unpaired) electrons. The summed E-state index contributed by atoms with van der Waals surface area (Å²) in [5, 5.41) is 14.9. The third-order valence-corrected chi connectivity index (χ3v) is 7.38. The first-order chi connectivity index (χ1) is 12.3. The number of carbonyl (C=O) groups is 1. The second kappa shape index (κ2) is 7.46. The molecule has 0 saturated carbocycles. The summed E-state index contributed by atoms with van der Waals surface area (Å²) in [5.74, 6) is -0.557. The Bertz CT molecular complexity index is 847. The van der Waals surface area contributed by atoms with E-state index in [0.29, 0.717) is 13.0 Å². The molecule has 26 heavy (non-hydrogen) atoms. The monoisotopic (exact) mass is 400 g/mol. The molecule has 1 saturated heterocycles. The number of phenolic OH excluding ortho intramolecular Hbond substituents is 1. The van der Waals surface area contributed by atoms with Gasteiger partial charge < -0.3 is 20.5 Å². The summed E-state index contributed by atoms with van der Waals surface area (Å²) in [6.07, 6.45) is 4.10. The van der Waals surface area contributed by atoms with E-state index < -0.39 is 26.9 Å². The Morgan fingerprint density at radius 3 is 2.73 bits per heavy atom. The highest BCUT2D eigenvalue weighted by Crippen LogP contribution is 2.39.